The number of benzene rings is 1. The van der Waals surface area contributed by atoms with Crippen LogP contribution >= 0.6 is 0 Å². The molecule has 4 nitrogen and oxygen atoms in total. The highest BCUT2D eigenvalue weighted by molar-refractivity contribution is 5.96. The molecule has 2 fully saturated rings. The number of amides is 1. The van der Waals surface area contributed by atoms with Gasteiger partial charge in [0.25, 0.3) is 5.91 Å². The van der Waals surface area contributed by atoms with Crippen molar-refractivity contribution in [3.05, 3.63) is 34.4 Å². The van der Waals surface area contributed by atoms with Crippen LogP contribution in [0, 0.1) is 12.3 Å². The average Bonchev–Trinajstić information content (AvgIpc) is 3.06. The number of rotatable bonds is 2. The Labute approximate surface area is 137 Å². The largest absolute Gasteiger partial charge is 0.392 e. The lowest BCUT2D eigenvalue weighted by atomic mass is 9.58. The number of hydrogen-bond donors (Lipinski definition) is 2. The highest BCUT2D eigenvalue weighted by Crippen LogP contribution is 2.49. The van der Waals surface area contributed by atoms with Crippen molar-refractivity contribution in [2.75, 3.05) is 13.2 Å². The lowest BCUT2D eigenvalue weighted by molar-refractivity contribution is -0.145. The van der Waals surface area contributed by atoms with E-state index in [-0.39, 0.29) is 23.5 Å². The van der Waals surface area contributed by atoms with Gasteiger partial charge in [-0.05, 0) is 68.2 Å². The first-order chi connectivity index (χ1) is 11.1. The van der Waals surface area contributed by atoms with E-state index in [9.17, 15) is 9.90 Å². The van der Waals surface area contributed by atoms with Gasteiger partial charge in [0.2, 0.25) is 0 Å². The Morgan fingerprint density at radius 1 is 1.26 bits per heavy atom. The fourth-order valence-corrected chi connectivity index (χ4v) is 4.73. The Morgan fingerprint density at radius 2 is 2.00 bits per heavy atom. The number of aliphatic hydroxyl groups is 1. The zero-order valence-electron chi connectivity index (χ0n) is 13.7. The van der Waals surface area contributed by atoms with Crippen LogP contribution in [0.15, 0.2) is 12.1 Å². The molecule has 3 aliphatic rings. The Balaban J connectivity index is 1.54. The number of carbonyl (C=O) groups is 1. The van der Waals surface area contributed by atoms with Crippen LogP contribution in [0.2, 0.25) is 0 Å². The predicted molar refractivity (Wildman–Crippen MR) is 87.6 cm³/mol. The molecule has 23 heavy (non-hydrogen) atoms. The molecule has 1 amide bonds. The van der Waals surface area contributed by atoms with Gasteiger partial charge in [-0.25, -0.2) is 0 Å². The molecule has 1 aromatic rings. The number of nitrogens with one attached hydrogen (secondary N) is 1. The number of aliphatic hydroxyl groups excluding tert-OH is 1. The third-order valence-electron chi connectivity index (χ3n) is 6.31. The molecule has 2 atom stereocenters. The summed E-state index contributed by atoms with van der Waals surface area (Å²) in [5.74, 6) is 0.0333. The van der Waals surface area contributed by atoms with Gasteiger partial charge in [-0.1, -0.05) is 6.07 Å². The molecule has 0 unspecified atom stereocenters. The summed E-state index contributed by atoms with van der Waals surface area (Å²) in [7, 11) is 0. The summed E-state index contributed by atoms with van der Waals surface area (Å²) >= 11 is 0. The molecule has 2 aliphatic carbocycles. The highest BCUT2D eigenvalue weighted by Gasteiger charge is 2.55. The Hall–Kier alpha value is -1.39. The van der Waals surface area contributed by atoms with Crippen LogP contribution in [0.1, 0.15) is 52.7 Å². The van der Waals surface area contributed by atoms with Gasteiger partial charge in [-0.15, -0.1) is 0 Å². The molecule has 1 aliphatic heterocycles. The molecule has 2 N–H and O–H groups in total. The van der Waals surface area contributed by atoms with E-state index in [1.54, 1.807) is 0 Å². The van der Waals surface area contributed by atoms with Crippen molar-refractivity contribution >= 4 is 5.91 Å². The summed E-state index contributed by atoms with van der Waals surface area (Å²) in [6.07, 6.45) is 5.28. The second kappa shape index (κ2) is 5.60. The van der Waals surface area contributed by atoms with Crippen molar-refractivity contribution in [1.29, 1.82) is 0 Å². The molecule has 4 rings (SSSR count). The Kier molecular flexibility index (Phi) is 3.69. The van der Waals surface area contributed by atoms with E-state index < -0.39 is 0 Å². The van der Waals surface area contributed by atoms with Crippen LogP contribution < -0.4 is 5.32 Å². The fourth-order valence-electron chi connectivity index (χ4n) is 4.73. The standard InChI is InChI=1S/C19H25NO3/c1-12-5-6-15(14-4-2-3-13(12)14)18(22)20-16-11-17(21)19(16)7-9-23-10-8-19/h5-6,16-17,21H,2-4,7-11H2,1H3,(H,20,22)/t16-,17-/m1/s1. The second-order valence-electron chi connectivity index (χ2n) is 7.36. The second-order valence-corrected chi connectivity index (χ2v) is 7.36. The third-order valence-corrected chi connectivity index (χ3v) is 6.31. The zero-order chi connectivity index (χ0) is 16.0. The Morgan fingerprint density at radius 3 is 2.74 bits per heavy atom. The van der Waals surface area contributed by atoms with E-state index >= 15 is 0 Å². The van der Waals surface area contributed by atoms with E-state index in [4.69, 9.17) is 4.74 Å². The van der Waals surface area contributed by atoms with Crippen LogP contribution in [0.5, 0.6) is 0 Å². The molecule has 1 aromatic carbocycles. The number of hydrogen-bond acceptors (Lipinski definition) is 3. The number of fused-ring (bicyclic) bond motifs is 1. The Bertz CT molecular complexity index is 634. The van der Waals surface area contributed by atoms with E-state index in [1.807, 2.05) is 6.07 Å². The summed E-state index contributed by atoms with van der Waals surface area (Å²) < 4.78 is 5.44. The predicted octanol–water partition coefficient (Wildman–Crippen LogP) is 2.14. The van der Waals surface area contributed by atoms with E-state index in [2.05, 4.69) is 18.3 Å². The molecule has 1 heterocycles. The smallest absolute Gasteiger partial charge is 0.251 e. The molecule has 1 saturated carbocycles. The van der Waals surface area contributed by atoms with Crippen molar-refractivity contribution in [2.45, 2.75) is 57.6 Å². The van der Waals surface area contributed by atoms with Crippen LogP contribution in [0.4, 0.5) is 0 Å². The minimum atomic E-state index is -0.305. The van der Waals surface area contributed by atoms with Gasteiger partial charge in [0, 0.05) is 30.2 Å². The van der Waals surface area contributed by atoms with Gasteiger partial charge in [-0.3, -0.25) is 4.79 Å². The van der Waals surface area contributed by atoms with Gasteiger partial charge in [0.1, 0.15) is 0 Å². The number of aryl methyl sites for hydroxylation is 1. The summed E-state index contributed by atoms with van der Waals surface area (Å²) in [4.78, 5) is 12.8. The lowest BCUT2D eigenvalue weighted by Gasteiger charge is -2.55. The zero-order valence-corrected chi connectivity index (χ0v) is 13.7. The van der Waals surface area contributed by atoms with Crippen molar-refractivity contribution < 1.29 is 14.6 Å². The number of ether oxygens (including phenoxy) is 1. The van der Waals surface area contributed by atoms with Gasteiger partial charge < -0.3 is 15.2 Å². The maximum Gasteiger partial charge on any atom is 0.251 e. The molecule has 0 bridgehead atoms. The molecular weight excluding hydrogens is 290 g/mol. The van der Waals surface area contributed by atoms with Gasteiger partial charge in [0.15, 0.2) is 0 Å². The van der Waals surface area contributed by atoms with E-state index in [1.165, 1.54) is 16.7 Å². The topological polar surface area (TPSA) is 58.6 Å². The minimum Gasteiger partial charge on any atom is -0.392 e. The van der Waals surface area contributed by atoms with Crippen LogP contribution in [0.3, 0.4) is 0 Å². The van der Waals surface area contributed by atoms with Crippen molar-refractivity contribution in [2.24, 2.45) is 5.41 Å². The van der Waals surface area contributed by atoms with Crippen molar-refractivity contribution in [3.63, 3.8) is 0 Å². The quantitative estimate of drug-likeness (QED) is 0.879. The summed E-state index contributed by atoms with van der Waals surface area (Å²) in [6.45, 7) is 3.50. The third kappa shape index (κ3) is 2.31. The van der Waals surface area contributed by atoms with Crippen LogP contribution in [-0.4, -0.2) is 36.4 Å². The first kappa shape index (κ1) is 15.2. The van der Waals surface area contributed by atoms with Gasteiger partial charge >= 0.3 is 0 Å². The van der Waals surface area contributed by atoms with Gasteiger partial charge in [-0.2, -0.15) is 0 Å². The van der Waals surface area contributed by atoms with Crippen molar-refractivity contribution in [1.82, 2.24) is 5.32 Å². The van der Waals surface area contributed by atoms with Crippen molar-refractivity contribution in [3.8, 4) is 0 Å². The molecule has 1 saturated heterocycles. The first-order valence-electron chi connectivity index (χ1n) is 8.80. The summed E-state index contributed by atoms with van der Waals surface area (Å²) in [6, 6.07) is 4.12. The number of carbonyl (C=O) groups excluding carboxylic acids is 1. The maximum atomic E-state index is 12.8. The molecule has 124 valence electrons. The summed E-state index contributed by atoms with van der Waals surface area (Å²) in [5, 5.41) is 13.5. The average molecular weight is 315 g/mol. The highest BCUT2D eigenvalue weighted by atomic mass is 16.5. The summed E-state index contributed by atoms with van der Waals surface area (Å²) in [5.41, 5.74) is 4.58. The monoisotopic (exact) mass is 315 g/mol. The normalized spacial score (nSPS) is 28.3. The maximum absolute atomic E-state index is 12.8. The van der Waals surface area contributed by atoms with Gasteiger partial charge in [0.05, 0.1) is 6.10 Å². The van der Waals surface area contributed by atoms with E-state index in [0.29, 0.717) is 19.6 Å². The molecule has 4 heteroatoms. The fraction of sp³-hybridized carbons (Fsp3) is 0.632. The van der Waals surface area contributed by atoms with Crippen LogP contribution in [0.25, 0.3) is 0 Å². The molecule has 0 aromatic heterocycles. The lowest BCUT2D eigenvalue weighted by Crippen LogP contribution is -2.65. The van der Waals surface area contributed by atoms with E-state index in [0.717, 1.165) is 37.7 Å². The van der Waals surface area contributed by atoms with Crippen LogP contribution in [-0.2, 0) is 17.6 Å². The minimum absolute atomic E-state index is 0.0333. The first-order valence-corrected chi connectivity index (χ1v) is 8.80. The molecule has 0 radical (unpaired) electrons. The molecular formula is C19H25NO3. The SMILES string of the molecule is Cc1ccc(C(=O)N[C@@H]2C[C@@H](O)C23CCOCC3)c2c1CCC2. The molecule has 1 spiro atoms.